The van der Waals surface area contributed by atoms with Gasteiger partial charge in [-0.15, -0.1) is 0 Å². The lowest BCUT2D eigenvalue weighted by Crippen LogP contribution is -2.42. The molecule has 1 rings (SSSR count). The number of hydrogen-bond acceptors (Lipinski definition) is 3. The van der Waals surface area contributed by atoms with E-state index >= 15 is 0 Å². The van der Waals surface area contributed by atoms with Gasteiger partial charge in [-0.25, -0.2) is 0 Å². The van der Waals surface area contributed by atoms with E-state index in [4.69, 9.17) is 22.5 Å². The van der Waals surface area contributed by atoms with Crippen LogP contribution in [0.5, 0.6) is 0 Å². The van der Waals surface area contributed by atoms with E-state index in [2.05, 4.69) is 10.5 Å². The normalized spacial score (nSPS) is 13.3. The maximum atomic E-state index is 12.0. The fraction of sp³-hybridized carbons (Fsp3) is 0.429. The van der Waals surface area contributed by atoms with Crippen LogP contribution < -0.4 is 11.1 Å². The monoisotopic (exact) mass is 297 g/mol. The molecule has 1 aromatic carbocycles. The molecule has 20 heavy (non-hydrogen) atoms. The second-order valence-corrected chi connectivity index (χ2v) is 5.35. The van der Waals surface area contributed by atoms with Gasteiger partial charge in [-0.3, -0.25) is 4.79 Å². The largest absolute Gasteiger partial charge is 0.409 e. The van der Waals surface area contributed by atoms with Crippen LogP contribution >= 0.6 is 11.6 Å². The van der Waals surface area contributed by atoms with Gasteiger partial charge in [0.05, 0.1) is 0 Å². The van der Waals surface area contributed by atoms with Crippen LogP contribution in [0.15, 0.2) is 29.4 Å². The van der Waals surface area contributed by atoms with Crippen molar-refractivity contribution in [3.05, 3.63) is 34.9 Å². The minimum atomic E-state index is -0.620. The average molecular weight is 298 g/mol. The van der Waals surface area contributed by atoms with Gasteiger partial charge < -0.3 is 16.3 Å². The van der Waals surface area contributed by atoms with Crippen molar-refractivity contribution in [3.8, 4) is 0 Å². The number of amidine groups is 1. The van der Waals surface area contributed by atoms with Crippen molar-refractivity contribution in [2.75, 3.05) is 6.54 Å². The molecule has 0 aromatic heterocycles. The van der Waals surface area contributed by atoms with E-state index in [0.717, 1.165) is 5.56 Å². The number of halogens is 1. The van der Waals surface area contributed by atoms with E-state index in [-0.39, 0.29) is 17.7 Å². The maximum absolute atomic E-state index is 12.0. The summed E-state index contributed by atoms with van der Waals surface area (Å²) in [7, 11) is 0. The van der Waals surface area contributed by atoms with E-state index < -0.39 is 5.92 Å². The van der Waals surface area contributed by atoms with Gasteiger partial charge in [0.25, 0.3) is 0 Å². The van der Waals surface area contributed by atoms with Crippen LogP contribution in [0.2, 0.25) is 5.02 Å². The number of nitrogens with two attached hydrogens (primary N) is 1. The molecule has 0 fully saturated rings. The molecule has 1 aromatic rings. The molecule has 0 saturated heterocycles. The lowest BCUT2D eigenvalue weighted by molar-refractivity contribution is -0.124. The Morgan fingerprint density at radius 3 is 2.50 bits per heavy atom. The third kappa shape index (κ3) is 4.74. The highest BCUT2D eigenvalue weighted by atomic mass is 35.5. The van der Waals surface area contributed by atoms with E-state index in [1.807, 2.05) is 38.1 Å². The first-order valence-corrected chi connectivity index (χ1v) is 6.83. The van der Waals surface area contributed by atoms with Gasteiger partial charge >= 0.3 is 0 Å². The molecule has 0 aliphatic carbocycles. The molecule has 1 amide bonds. The number of oxime groups is 1. The third-order valence-electron chi connectivity index (χ3n) is 3.01. The maximum Gasteiger partial charge on any atom is 0.231 e. The summed E-state index contributed by atoms with van der Waals surface area (Å²) >= 11 is 5.80. The molecule has 0 aliphatic heterocycles. The van der Waals surface area contributed by atoms with Gasteiger partial charge in [0.1, 0.15) is 5.92 Å². The molecule has 0 radical (unpaired) electrons. The summed E-state index contributed by atoms with van der Waals surface area (Å²) in [5.74, 6) is -0.958. The zero-order valence-corrected chi connectivity index (χ0v) is 12.4. The predicted octanol–water partition coefficient (Wildman–Crippen LogP) is 2.02. The number of nitrogens with one attached hydrogen (secondary N) is 1. The van der Waals surface area contributed by atoms with Crippen molar-refractivity contribution in [2.24, 2.45) is 22.7 Å². The summed E-state index contributed by atoms with van der Waals surface area (Å²) in [6, 6.07) is 7.45. The molecule has 6 heteroatoms. The van der Waals surface area contributed by atoms with Gasteiger partial charge in [0, 0.05) is 11.6 Å². The first-order chi connectivity index (χ1) is 9.45. The topological polar surface area (TPSA) is 87.7 Å². The van der Waals surface area contributed by atoms with Gasteiger partial charge in [0.2, 0.25) is 5.91 Å². The van der Waals surface area contributed by atoms with Crippen molar-refractivity contribution >= 4 is 23.3 Å². The summed E-state index contributed by atoms with van der Waals surface area (Å²) < 4.78 is 0. The van der Waals surface area contributed by atoms with Gasteiger partial charge in [-0.05, 0) is 30.0 Å². The highest BCUT2D eigenvalue weighted by Gasteiger charge is 2.26. The Bertz CT molecular complexity index is 472. The summed E-state index contributed by atoms with van der Waals surface area (Å²) in [5.41, 5.74) is 6.63. The first-order valence-electron chi connectivity index (χ1n) is 6.45. The summed E-state index contributed by atoms with van der Waals surface area (Å²) in [6.07, 6.45) is 0.698. The van der Waals surface area contributed by atoms with Crippen LogP contribution in [0.1, 0.15) is 19.4 Å². The minimum absolute atomic E-state index is 0.0403. The lowest BCUT2D eigenvalue weighted by atomic mass is 9.94. The zero-order valence-electron chi connectivity index (χ0n) is 11.6. The number of carbonyl (C=O) groups excluding carboxylic acids is 1. The van der Waals surface area contributed by atoms with Gasteiger partial charge in [-0.1, -0.05) is 42.7 Å². The molecule has 1 unspecified atom stereocenters. The number of amides is 1. The average Bonchev–Trinajstić information content (AvgIpc) is 2.40. The van der Waals surface area contributed by atoms with Crippen LogP contribution in [0.25, 0.3) is 0 Å². The molecule has 4 N–H and O–H groups in total. The molecular weight excluding hydrogens is 278 g/mol. The Labute approximate surface area is 123 Å². The predicted molar refractivity (Wildman–Crippen MR) is 79.9 cm³/mol. The Morgan fingerprint density at radius 2 is 2.00 bits per heavy atom. The van der Waals surface area contributed by atoms with E-state index in [1.54, 1.807) is 0 Å². The third-order valence-corrected chi connectivity index (χ3v) is 3.26. The van der Waals surface area contributed by atoms with Crippen LogP contribution in [-0.2, 0) is 11.2 Å². The number of benzene rings is 1. The molecule has 0 aliphatic rings. The fourth-order valence-electron chi connectivity index (χ4n) is 1.93. The minimum Gasteiger partial charge on any atom is -0.409 e. The highest BCUT2D eigenvalue weighted by Crippen LogP contribution is 2.12. The smallest absolute Gasteiger partial charge is 0.231 e. The standard InChI is InChI=1S/C14H20ClN3O2/c1-9(2)12(13(16)18-20)14(19)17-8-7-10-3-5-11(15)6-4-10/h3-6,9,12,20H,7-8H2,1-2H3,(H2,16,18)(H,17,19). The van der Waals surface area contributed by atoms with Crippen molar-refractivity contribution < 1.29 is 10.0 Å². The Kier molecular flexibility index (Phi) is 6.31. The van der Waals surface area contributed by atoms with Crippen LogP contribution in [-0.4, -0.2) is 23.5 Å². The molecule has 5 nitrogen and oxygen atoms in total. The lowest BCUT2D eigenvalue weighted by Gasteiger charge is -2.18. The van der Waals surface area contributed by atoms with E-state index in [1.165, 1.54) is 0 Å². The highest BCUT2D eigenvalue weighted by molar-refractivity contribution is 6.30. The Balaban J connectivity index is 2.51. The van der Waals surface area contributed by atoms with Crippen molar-refractivity contribution in [2.45, 2.75) is 20.3 Å². The second kappa shape index (κ2) is 7.75. The molecule has 1 atom stereocenters. The molecule has 110 valence electrons. The van der Waals surface area contributed by atoms with Crippen molar-refractivity contribution in [1.29, 1.82) is 0 Å². The van der Waals surface area contributed by atoms with Crippen molar-refractivity contribution in [3.63, 3.8) is 0 Å². The van der Waals surface area contributed by atoms with E-state index in [9.17, 15) is 4.79 Å². The van der Waals surface area contributed by atoms with Gasteiger partial charge in [-0.2, -0.15) is 0 Å². The quantitative estimate of drug-likeness (QED) is 0.325. The summed E-state index contributed by atoms with van der Waals surface area (Å²) in [6.45, 7) is 4.19. The van der Waals surface area contributed by atoms with E-state index in [0.29, 0.717) is 18.0 Å². The zero-order chi connectivity index (χ0) is 15.1. The SMILES string of the molecule is CC(C)C(C(=O)NCCc1ccc(Cl)cc1)C(N)=NO. The molecular formula is C14H20ClN3O2. The first kappa shape index (κ1) is 16.3. The van der Waals surface area contributed by atoms with Crippen LogP contribution in [0.3, 0.4) is 0 Å². The number of nitrogens with zero attached hydrogens (tertiary/aromatic N) is 1. The van der Waals surface area contributed by atoms with Crippen molar-refractivity contribution in [1.82, 2.24) is 5.32 Å². The van der Waals surface area contributed by atoms with Crippen LogP contribution in [0.4, 0.5) is 0 Å². The molecule has 0 spiro atoms. The number of carbonyl (C=O) groups is 1. The van der Waals surface area contributed by atoms with Crippen LogP contribution in [0, 0.1) is 11.8 Å². The second-order valence-electron chi connectivity index (χ2n) is 4.91. The molecule has 0 saturated carbocycles. The summed E-state index contributed by atoms with van der Waals surface area (Å²) in [5, 5.41) is 15.1. The number of hydrogen-bond donors (Lipinski definition) is 3. The van der Waals surface area contributed by atoms with Gasteiger partial charge in [0.15, 0.2) is 5.84 Å². The molecule has 0 bridgehead atoms. The molecule has 0 heterocycles. The fourth-order valence-corrected chi connectivity index (χ4v) is 2.06. The Morgan fingerprint density at radius 1 is 1.40 bits per heavy atom. The Hall–Kier alpha value is -1.75. The summed E-state index contributed by atoms with van der Waals surface area (Å²) in [4.78, 5) is 12.0. The number of rotatable bonds is 6.